The van der Waals surface area contributed by atoms with Gasteiger partial charge in [-0.1, -0.05) is 0 Å². The minimum atomic E-state index is -3.83. The zero-order valence-electron chi connectivity index (χ0n) is 22.7. The van der Waals surface area contributed by atoms with E-state index >= 15 is 0 Å². The van der Waals surface area contributed by atoms with Gasteiger partial charge in [0.05, 0.1) is 24.6 Å². The zero-order chi connectivity index (χ0) is 29.9. The summed E-state index contributed by atoms with van der Waals surface area (Å²) in [6.07, 6.45) is 7.76. The summed E-state index contributed by atoms with van der Waals surface area (Å²) in [4.78, 5) is 27.2. The summed E-state index contributed by atoms with van der Waals surface area (Å²) in [6, 6.07) is 2.30. The second kappa shape index (κ2) is 10.2. The fourth-order valence-electron chi connectivity index (χ4n) is 6.24. The number of aliphatic hydroxyl groups is 1. The van der Waals surface area contributed by atoms with Gasteiger partial charge in [0, 0.05) is 47.8 Å². The molecule has 4 aromatic rings. The van der Waals surface area contributed by atoms with Crippen LogP contribution in [0.4, 0.5) is 14.6 Å². The van der Waals surface area contributed by atoms with E-state index in [0.29, 0.717) is 29.7 Å². The number of aliphatic hydroxyl groups excluding tert-OH is 1. The Balaban J connectivity index is 1.42. The number of nitrogens with zero attached hydrogens (tertiary/aromatic N) is 6. The van der Waals surface area contributed by atoms with Crippen LogP contribution >= 0.6 is 0 Å². The van der Waals surface area contributed by atoms with Crippen LogP contribution in [0.3, 0.4) is 0 Å². The summed E-state index contributed by atoms with van der Waals surface area (Å²) in [6.45, 7) is -0.580. The number of carbonyl (C=O) groups excluding carboxylic acids is 1. The fourth-order valence-corrected chi connectivity index (χ4v) is 7.29. The van der Waals surface area contributed by atoms with E-state index in [0.717, 1.165) is 19.1 Å². The second-order valence-electron chi connectivity index (χ2n) is 10.5. The van der Waals surface area contributed by atoms with Crippen LogP contribution in [0.25, 0.3) is 28.2 Å². The summed E-state index contributed by atoms with van der Waals surface area (Å²) < 4.78 is 60.8. The predicted octanol–water partition coefficient (Wildman–Crippen LogP) is 2.36. The third-order valence-corrected chi connectivity index (χ3v) is 9.21. The van der Waals surface area contributed by atoms with Gasteiger partial charge in [0.2, 0.25) is 11.7 Å². The topological polar surface area (TPSA) is 166 Å². The largest absolute Gasteiger partial charge is 0.494 e. The molecule has 220 valence electrons. The number of nitrogens with two attached hydrogens (primary N) is 1. The first-order chi connectivity index (χ1) is 20.0. The highest BCUT2D eigenvalue weighted by Crippen LogP contribution is 2.45. The lowest BCUT2D eigenvalue weighted by Crippen LogP contribution is -2.47. The Hall–Kier alpha value is -4.24. The molecule has 6 rings (SSSR count). The first kappa shape index (κ1) is 27.9. The number of nitrogen functional groups attached to an aromatic ring is 1. The van der Waals surface area contributed by atoms with Gasteiger partial charge in [0.25, 0.3) is 0 Å². The molecule has 12 nitrogen and oxygen atoms in total. The summed E-state index contributed by atoms with van der Waals surface area (Å²) >= 11 is 0. The average Bonchev–Trinajstić information content (AvgIpc) is 3.51. The number of anilines is 1. The molecule has 3 atom stereocenters. The van der Waals surface area contributed by atoms with E-state index in [1.807, 2.05) is 0 Å². The molecule has 3 aromatic heterocycles. The summed E-state index contributed by atoms with van der Waals surface area (Å²) in [5, 5.41) is 13.7. The molecule has 1 aromatic carbocycles. The van der Waals surface area contributed by atoms with E-state index in [2.05, 4.69) is 15.1 Å². The van der Waals surface area contributed by atoms with Crippen LogP contribution in [-0.4, -0.2) is 81.0 Å². The number of ether oxygens (including phenoxy) is 1. The SMILES string of the molecule is COc1ccc(-c2ncc(-c3cnn4c(N)c(S(C)(=O)=O)c([C@H]5C[C@H]6CC[C@@H](C5)N6C(=O)CO)nc34)cn2)c(F)c1F. The lowest BCUT2D eigenvalue weighted by Gasteiger charge is -2.39. The highest BCUT2D eigenvalue weighted by Gasteiger charge is 2.45. The van der Waals surface area contributed by atoms with Crippen LogP contribution < -0.4 is 10.5 Å². The Labute approximate surface area is 239 Å². The maximum absolute atomic E-state index is 14.6. The maximum Gasteiger partial charge on any atom is 0.248 e. The van der Waals surface area contributed by atoms with E-state index in [1.54, 1.807) is 4.90 Å². The number of carbonyl (C=O) groups is 1. The quantitative estimate of drug-likeness (QED) is 0.336. The van der Waals surface area contributed by atoms with Crippen LogP contribution in [0.5, 0.6) is 5.75 Å². The molecule has 2 saturated heterocycles. The predicted molar refractivity (Wildman–Crippen MR) is 146 cm³/mol. The van der Waals surface area contributed by atoms with Crippen molar-refractivity contribution in [1.29, 1.82) is 0 Å². The Morgan fingerprint density at radius 3 is 2.36 bits per heavy atom. The molecule has 1 amide bonds. The van der Waals surface area contributed by atoms with Gasteiger partial charge in [0.15, 0.2) is 32.9 Å². The van der Waals surface area contributed by atoms with Crippen molar-refractivity contribution in [2.45, 2.75) is 48.6 Å². The van der Waals surface area contributed by atoms with Crippen LogP contribution in [0.2, 0.25) is 0 Å². The standard InChI is InChI=1S/C27H27F2N7O5S/c1-41-19-6-5-17(21(28)22(19)29)26-31-9-14(10-32-26)18-11-33-36-25(30)24(42(2,39)40)23(34-27(18)36)13-7-15-3-4-16(8-13)35(15)20(38)12-37/h5-6,9-11,13,15-16,37H,3-4,7-8,12,30H2,1-2H3/t13-,15+,16-. The molecule has 15 heteroatoms. The van der Waals surface area contributed by atoms with Crippen molar-refractivity contribution in [1.82, 2.24) is 29.5 Å². The van der Waals surface area contributed by atoms with Gasteiger partial charge in [-0.2, -0.15) is 14.0 Å². The lowest BCUT2D eigenvalue weighted by atomic mass is 9.87. The Bertz CT molecular complexity index is 1820. The van der Waals surface area contributed by atoms with E-state index in [1.165, 1.54) is 42.3 Å². The first-order valence-electron chi connectivity index (χ1n) is 13.2. The van der Waals surface area contributed by atoms with Crippen molar-refractivity contribution in [2.75, 3.05) is 25.7 Å². The van der Waals surface area contributed by atoms with E-state index in [-0.39, 0.29) is 57.4 Å². The molecule has 0 aliphatic carbocycles. The molecular formula is C27H27F2N7O5S. The van der Waals surface area contributed by atoms with Crippen molar-refractivity contribution in [3.63, 3.8) is 0 Å². The smallest absolute Gasteiger partial charge is 0.248 e. The van der Waals surface area contributed by atoms with Crippen LogP contribution in [0.1, 0.15) is 37.3 Å². The number of methoxy groups -OCH3 is 1. The van der Waals surface area contributed by atoms with Gasteiger partial charge in [-0.25, -0.2) is 27.8 Å². The van der Waals surface area contributed by atoms with Crippen LogP contribution in [0, 0.1) is 11.6 Å². The molecular weight excluding hydrogens is 572 g/mol. The van der Waals surface area contributed by atoms with E-state index in [4.69, 9.17) is 15.5 Å². The van der Waals surface area contributed by atoms with Crippen LogP contribution in [-0.2, 0) is 14.6 Å². The van der Waals surface area contributed by atoms with Gasteiger partial charge in [-0.15, -0.1) is 0 Å². The number of fused-ring (bicyclic) bond motifs is 3. The number of halogens is 2. The van der Waals surface area contributed by atoms with E-state index in [9.17, 15) is 27.1 Å². The number of rotatable bonds is 6. The molecule has 2 aliphatic heterocycles. The third-order valence-electron chi connectivity index (χ3n) is 8.05. The molecule has 0 unspecified atom stereocenters. The van der Waals surface area contributed by atoms with Gasteiger partial charge in [-0.3, -0.25) is 4.79 Å². The Morgan fingerprint density at radius 1 is 1.10 bits per heavy atom. The number of hydrogen-bond donors (Lipinski definition) is 2. The summed E-state index contributed by atoms with van der Waals surface area (Å²) in [5.74, 6) is -3.35. The van der Waals surface area contributed by atoms with Crippen molar-refractivity contribution in [3.05, 3.63) is 48.1 Å². The highest BCUT2D eigenvalue weighted by atomic mass is 32.2. The molecule has 5 heterocycles. The number of sulfone groups is 1. The third kappa shape index (κ3) is 4.43. The normalized spacial score (nSPS) is 20.3. The monoisotopic (exact) mass is 599 g/mol. The van der Waals surface area contributed by atoms with Gasteiger partial charge in [-0.05, 0) is 37.8 Å². The lowest BCUT2D eigenvalue weighted by molar-refractivity contribution is -0.138. The summed E-state index contributed by atoms with van der Waals surface area (Å²) in [7, 11) is -2.60. The molecule has 3 N–H and O–H groups in total. The van der Waals surface area contributed by atoms with E-state index < -0.39 is 28.1 Å². The number of amides is 1. The number of benzene rings is 1. The van der Waals surface area contributed by atoms with Crippen molar-refractivity contribution in [3.8, 4) is 28.3 Å². The minimum absolute atomic E-state index is 0.0542. The van der Waals surface area contributed by atoms with Crippen molar-refractivity contribution in [2.24, 2.45) is 0 Å². The molecule has 2 aliphatic rings. The Morgan fingerprint density at radius 2 is 1.76 bits per heavy atom. The molecule has 0 saturated carbocycles. The molecule has 0 spiro atoms. The summed E-state index contributed by atoms with van der Waals surface area (Å²) in [5.41, 5.74) is 7.72. The molecule has 2 fully saturated rings. The minimum Gasteiger partial charge on any atom is -0.494 e. The van der Waals surface area contributed by atoms with Crippen molar-refractivity contribution < 1.29 is 31.8 Å². The second-order valence-corrected chi connectivity index (χ2v) is 12.5. The Kier molecular flexibility index (Phi) is 6.80. The van der Waals surface area contributed by atoms with Crippen molar-refractivity contribution >= 4 is 27.2 Å². The molecule has 0 radical (unpaired) electrons. The fraction of sp³-hybridized carbons (Fsp3) is 0.370. The zero-order valence-corrected chi connectivity index (χ0v) is 23.5. The van der Waals surface area contributed by atoms with Gasteiger partial charge >= 0.3 is 0 Å². The van der Waals surface area contributed by atoms with Gasteiger partial charge in [0.1, 0.15) is 17.3 Å². The molecule has 42 heavy (non-hydrogen) atoms. The number of aromatic nitrogens is 5. The first-order valence-corrected chi connectivity index (χ1v) is 15.1. The van der Waals surface area contributed by atoms with Crippen LogP contribution in [0.15, 0.2) is 35.6 Å². The highest BCUT2D eigenvalue weighted by molar-refractivity contribution is 7.91. The average molecular weight is 600 g/mol. The maximum atomic E-state index is 14.6. The number of piperidine rings is 1. The molecule has 2 bridgehead atoms. The van der Waals surface area contributed by atoms with Gasteiger partial charge < -0.3 is 20.5 Å². The number of hydrogen-bond acceptors (Lipinski definition) is 10.